The third-order valence-corrected chi connectivity index (χ3v) is 2.93. The third kappa shape index (κ3) is 2.30. The highest BCUT2D eigenvalue weighted by Crippen LogP contribution is 2.29. The predicted octanol–water partition coefficient (Wildman–Crippen LogP) is 3.95. The van der Waals surface area contributed by atoms with Gasteiger partial charge in [0.2, 0.25) is 5.88 Å². The number of hydrogen-bond donors (Lipinski definition) is 0. The first kappa shape index (κ1) is 12.4. The van der Waals surface area contributed by atoms with E-state index in [4.69, 9.17) is 4.42 Å². The van der Waals surface area contributed by atoms with Crippen molar-refractivity contribution in [1.29, 1.82) is 0 Å². The van der Waals surface area contributed by atoms with Gasteiger partial charge in [0, 0.05) is 25.2 Å². The molecule has 0 unspecified atom stereocenters. The molecule has 94 valence electrons. The van der Waals surface area contributed by atoms with Crippen molar-refractivity contribution < 1.29 is 9.21 Å². The van der Waals surface area contributed by atoms with Gasteiger partial charge in [0.1, 0.15) is 0 Å². The molecule has 0 N–H and O–H groups in total. The molecule has 0 bridgehead atoms. The van der Waals surface area contributed by atoms with E-state index in [1.807, 2.05) is 18.2 Å². The zero-order valence-corrected chi connectivity index (χ0v) is 10.9. The number of para-hydroxylation sites is 1. The van der Waals surface area contributed by atoms with E-state index in [-0.39, 0.29) is 5.78 Å². The van der Waals surface area contributed by atoms with Gasteiger partial charge < -0.3 is 9.32 Å². The maximum absolute atomic E-state index is 11.3. The molecule has 18 heavy (non-hydrogen) atoms. The number of hydrogen-bond acceptors (Lipinski definition) is 3. The minimum atomic E-state index is -0.0536. The van der Waals surface area contributed by atoms with E-state index >= 15 is 0 Å². The van der Waals surface area contributed by atoms with Crippen molar-refractivity contribution >= 4 is 17.4 Å². The summed E-state index contributed by atoms with van der Waals surface area (Å²) < 4.78 is 5.58. The highest BCUT2D eigenvalue weighted by atomic mass is 16.4. The number of nitrogens with zero attached hydrogens (tertiary/aromatic N) is 1. The summed E-state index contributed by atoms with van der Waals surface area (Å²) in [6.07, 6.45) is 0. The topological polar surface area (TPSA) is 33.5 Å². The molecule has 1 aromatic heterocycles. The van der Waals surface area contributed by atoms with E-state index < -0.39 is 0 Å². The number of aryl methyl sites for hydroxylation is 1. The average Bonchev–Trinajstić information content (AvgIpc) is 2.82. The van der Waals surface area contributed by atoms with Gasteiger partial charge in [-0.2, -0.15) is 0 Å². The molecule has 0 radical (unpaired) electrons. The molecule has 0 spiro atoms. The van der Waals surface area contributed by atoms with Crippen LogP contribution >= 0.6 is 0 Å². The quantitative estimate of drug-likeness (QED) is 0.762. The number of ketones is 1. The Hall–Kier alpha value is -2.03. The van der Waals surface area contributed by atoms with Crippen molar-refractivity contribution in [3.63, 3.8) is 0 Å². The zero-order chi connectivity index (χ0) is 13.1. The number of rotatable bonds is 4. The van der Waals surface area contributed by atoms with E-state index in [1.54, 1.807) is 6.07 Å². The van der Waals surface area contributed by atoms with Crippen LogP contribution in [0.5, 0.6) is 0 Å². The van der Waals surface area contributed by atoms with Crippen LogP contribution in [0.15, 0.2) is 40.8 Å². The molecule has 0 atom stereocenters. The lowest BCUT2D eigenvalue weighted by molar-refractivity contribution is 0.0988. The molecule has 1 heterocycles. The lowest BCUT2D eigenvalue weighted by Gasteiger charge is -2.21. The van der Waals surface area contributed by atoms with Crippen molar-refractivity contribution in [2.24, 2.45) is 0 Å². The summed E-state index contributed by atoms with van der Waals surface area (Å²) in [5, 5.41) is 0. The SMILES string of the molecule is CCN(c1ccc(C(C)=O)o1)c1ccccc1C. The van der Waals surface area contributed by atoms with Crippen LogP contribution in [0, 0.1) is 6.92 Å². The number of carbonyl (C=O) groups excluding carboxylic acids is 1. The summed E-state index contributed by atoms with van der Waals surface area (Å²) in [5.41, 5.74) is 2.28. The van der Waals surface area contributed by atoms with Crippen LogP contribution in [-0.4, -0.2) is 12.3 Å². The second-order valence-corrected chi connectivity index (χ2v) is 4.22. The van der Waals surface area contributed by atoms with Gasteiger partial charge in [-0.25, -0.2) is 0 Å². The Labute approximate surface area is 107 Å². The predicted molar refractivity (Wildman–Crippen MR) is 72.6 cm³/mol. The van der Waals surface area contributed by atoms with Crippen LogP contribution in [0.25, 0.3) is 0 Å². The Morgan fingerprint density at radius 1 is 1.22 bits per heavy atom. The number of benzene rings is 1. The van der Waals surface area contributed by atoms with Gasteiger partial charge in [0.05, 0.1) is 0 Å². The van der Waals surface area contributed by atoms with Crippen LogP contribution in [0.1, 0.15) is 30.0 Å². The fraction of sp³-hybridized carbons (Fsp3) is 0.267. The molecule has 0 saturated heterocycles. The molecule has 0 fully saturated rings. The minimum Gasteiger partial charge on any atom is -0.437 e. The zero-order valence-electron chi connectivity index (χ0n) is 10.9. The maximum atomic E-state index is 11.3. The second-order valence-electron chi connectivity index (χ2n) is 4.22. The lowest BCUT2D eigenvalue weighted by atomic mass is 10.2. The monoisotopic (exact) mass is 243 g/mol. The average molecular weight is 243 g/mol. The van der Waals surface area contributed by atoms with Gasteiger partial charge in [-0.05, 0) is 31.5 Å². The molecule has 0 amide bonds. The van der Waals surface area contributed by atoms with Crippen LogP contribution in [0.2, 0.25) is 0 Å². The molecule has 2 rings (SSSR count). The van der Waals surface area contributed by atoms with Crippen molar-refractivity contribution in [2.45, 2.75) is 20.8 Å². The lowest BCUT2D eigenvalue weighted by Crippen LogP contribution is -2.16. The number of Topliss-reactive ketones (excluding diaryl/α,β-unsaturated/α-hetero) is 1. The Bertz CT molecular complexity index is 557. The summed E-state index contributed by atoms with van der Waals surface area (Å²) >= 11 is 0. The Morgan fingerprint density at radius 2 is 1.94 bits per heavy atom. The van der Waals surface area contributed by atoms with Gasteiger partial charge in [0.15, 0.2) is 11.5 Å². The Kier molecular flexibility index (Phi) is 3.51. The van der Waals surface area contributed by atoms with E-state index in [1.165, 1.54) is 12.5 Å². The van der Waals surface area contributed by atoms with Gasteiger partial charge in [-0.3, -0.25) is 4.79 Å². The minimum absolute atomic E-state index is 0.0536. The fourth-order valence-electron chi connectivity index (χ4n) is 1.97. The molecule has 3 nitrogen and oxygen atoms in total. The van der Waals surface area contributed by atoms with Crippen LogP contribution < -0.4 is 4.90 Å². The van der Waals surface area contributed by atoms with Gasteiger partial charge in [0.25, 0.3) is 0 Å². The van der Waals surface area contributed by atoms with Crippen LogP contribution in [0.4, 0.5) is 11.6 Å². The van der Waals surface area contributed by atoms with Gasteiger partial charge >= 0.3 is 0 Å². The summed E-state index contributed by atoms with van der Waals surface area (Å²) in [6, 6.07) is 11.7. The largest absolute Gasteiger partial charge is 0.437 e. The van der Waals surface area contributed by atoms with Crippen molar-refractivity contribution in [3.8, 4) is 0 Å². The van der Waals surface area contributed by atoms with Crippen LogP contribution in [-0.2, 0) is 0 Å². The molecule has 3 heteroatoms. The summed E-state index contributed by atoms with van der Waals surface area (Å²) in [5.74, 6) is 1.05. The number of furan rings is 1. The van der Waals surface area contributed by atoms with E-state index in [2.05, 4.69) is 30.9 Å². The first-order valence-electron chi connectivity index (χ1n) is 6.07. The van der Waals surface area contributed by atoms with Crippen molar-refractivity contribution in [1.82, 2.24) is 0 Å². The Balaban J connectivity index is 2.39. The summed E-state index contributed by atoms with van der Waals surface area (Å²) in [4.78, 5) is 13.3. The standard InChI is InChI=1S/C15H17NO2/c1-4-16(13-8-6-5-7-11(13)2)15-10-9-14(18-15)12(3)17/h5-10H,4H2,1-3H3. The first-order valence-corrected chi connectivity index (χ1v) is 6.07. The van der Waals surface area contributed by atoms with E-state index in [0.717, 1.165) is 12.2 Å². The molecule has 2 aromatic rings. The second kappa shape index (κ2) is 5.08. The molecule has 1 aromatic carbocycles. The number of anilines is 2. The fourth-order valence-corrected chi connectivity index (χ4v) is 1.97. The number of carbonyl (C=O) groups is 1. The molecule has 0 aliphatic rings. The first-order chi connectivity index (χ1) is 8.63. The Morgan fingerprint density at radius 3 is 2.50 bits per heavy atom. The molecule has 0 aliphatic carbocycles. The molecular weight excluding hydrogens is 226 g/mol. The van der Waals surface area contributed by atoms with E-state index in [0.29, 0.717) is 11.6 Å². The van der Waals surface area contributed by atoms with Gasteiger partial charge in [-0.1, -0.05) is 18.2 Å². The van der Waals surface area contributed by atoms with Crippen LogP contribution in [0.3, 0.4) is 0 Å². The van der Waals surface area contributed by atoms with Crippen molar-refractivity contribution in [3.05, 3.63) is 47.7 Å². The normalized spacial score (nSPS) is 10.4. The third-order valence-electron chi connectivity index (χ3n) is 2.93. The van der Waals surface area contributed by atoms with Gasteiger partial charge in [-0.15, -0.1) is 0 Å². The van der Waals surface area contributed by atoms with E-state index in [9.17, 15) is 4.79 Å². The smallest absolute Gasteiger partial charge is 0.200 e. The molecule has 0 saturated carbocycles. The highest BCUT2D eigenvalue weighted by molar-refractivity contribution is 5.91. The summed E-state index contributed by atoms with van der Waals surface area (Å²) in [7, 11) is 0. The van der Waals surface area contributed by atoms with Crippen molar-refractivity contribution in [2.75, 3.05) is 11.4 Å². The molecule has 0 aliphatic heterocycles. The summed E-state index contributed by atoms with van der Waals surface area (Å²) in [6.45, 7) is 6.41. The maximum Gasteiger partial charge on any atom is 0.200 e. The molecular formula is C15H17NO2. The highest BCUT2D eigenvalue weighted by Gasteiger charge is 2.14.